The van der Waals surface area contributed by atoms with Gasteiger partial charge in [0.1, 0.15) is 0 Å². The topological polar surface area (TPSA) is 26.8 Å². The van der Waals surface area contributed by atoms with E-state index in [1.54, 1.807) is 0 Å². The van der Waals surface area contributed by atoms with Crippen molar-refractivity contribution in [2.45, 2.75) is 26.2 Å². The summed E-state index contributed by atoms with van der Waals surface area (Å²) in [5.74, 6) is 0. The Balaban J connectivity index is 1.77. The first kappa shape index (κ1) is 11.7. The molecular weight excluding hydrogens is 202 g/mol. The third kappa shape index (κ3) is 2.67. The van der Waals surface area contributed by atoms with Crippen molar-refractivity contribution in [2.24, 2.45) is 0 Å². The van der Waals surface area contributed by atoms with Crippen LogP contribution in [0.3, 0.4) is 0 Å². The molecular formula is C12H23N3O. The van der Waals surface area contributed by atoms with E-state index in [9.17, 15) is 4.79 Å². The van der Waals surface area contributed by atoms with Crippen molar-refractivity contribution < 1.29 is 4.79 Å². The van der Waals surface area contributed by atoms with Gasteiger partial charge >= 0.3 is 6.03 Å². The van der Waals surface area contributed by atoms with Gasteiger partial charge in [-0.25, -0.2) is 4.79 Å². The van der Waals surface area contributed by atoms with Gasteiger partial charge in [0.2, 0.25) is 0 Å². The monoisotopic (exact) mass is 225 g/mol. The van der Waals surface area contributed by atoms with E-state index in [4.69, 9.17) is 0 Å². The summed E-state index contributed by atoms with van der Waals surface area (Å²) in [6.45, 7) is 9.24. The molecule has 4 heteroatoms. The van der Waals surface area contributed by atoms with Gasteiger partial charge < -0.3 is 9.80 Å². The molecule has 0 aromatic carbocycles. The average Bonchev–Trinajstić information content (AvgIpc) is 2.83. The lowest BCUT2D eigenvalue weighted by atomic mass is 10.3. The largest absolute Gasteiger partial charge is 0.325 e. The molecule has 0 aliphatic carbocycles. The Morgan fingerprint density at radius 3 is 2.06 bits per heavy atom. The summed E-state index contributed by atoms with van der Waals surface area (Å²) >= 11 is 0. The SMILES string of the molecule is CCCN1CCN(C(=O)N2CCCC2)CC1. The molecule has 2 rings (SSSR count). The Morgan fingerprint density at radius 1 is 0.938 bits per heavy atom. The summed E-state index contributed by atoms with van der Waals surface area (Å²) in [4.78, 5) is 18.6. The third-order valence-corrected chi connectivity index (χ3v) is 3.56. The highest BCUT2D eigenvalue weighted by molar-refractivity contribution is 5.74. The van der Waals surface area contributed by atoms with Crippen molar-refractivity contribution >= 4 is 6.03 Å². The fourth-order valence-corrected chi connectivity index (χ4v) is 2.59. The van der Waals surface area contributed by atoms with E-state index < -0.39 is 0 Å². The molecule has 0 aromatic rings. The van der Waals surface area contributed by atoms with E-state index in [-0.39, 0.29) is 6.03 Å². The number of hydrogen-bond donors (Lipinski definition) is 0. The normalized spacial score (nSPS) is 22.8. The molecule has 2 aliphatic rings. The van der Waals surface area contributed by atoms with Gasteiger partial charge in [0.15, 0.2) is 0 Å². The van der Waals surface area contributed by atoms with Crippen LogP contribution in [0.15, 0.2) is 0 Å². The molecule has 2 fully saturated rings. The number of rotatable bonds is 2. The molecule has 2 heterocycles. The zero-order valence-corrected chi connectivity index (χ0v) is 10.3. The molecule has 2 amide bonds. The molecule has 2 aliphatic heterocycles. The van der Waals surface area contributed by atoms with Crippen LogP contribution in [0.5, 0.6) is 0 Å². The lowest BCUT2D eigenvalue weighted by molar-refractivity contribution is 0.118. The Labute approximate surface area is 98.2 Å². The number of amides is 2. The van der Waals surface area contributed by atoms with Crippen LogP contribution in [-0.2, 0) is 0 Å². The molecule has 92 valence electrons. The predicted molar refractivity (Wildman–Crippen MR) is 64.5 cm³/mol. The van der Waals surface area contributed by atoms with E-state index in [0.29, 0.717) is 0 Å². The first-order chi connectivity index (χ1) is 7.81. The minimum atomic E-state index is 0.272. The summed E-state index contributed by atoms with van der Waals surface area (Å²) in [6.07, 6.45) is 3.57. The van der Waals surface area contributed by atoms with E-state index in [0.717, 1.165) is 39.3 Å². The van der Waals surface area contributed by atoms with Crippen LogP contribution in [0.25, 0.3) is 0 Å². The van der Waals surface area contributed by atoms with Gasteiger partial charge in [0.25, 0.3) is 0 Å². The Bertz CT molecular complexity index is 230. The highest BCUT2D eigenvalue weighted by Crippen LogP contribution is 2.12. The minimum Gasteiger partial charge on any atom is -0.325 e. The third-order valence-electron chi connectivity index (χ3n) is 3.56. The molecule has 0 radical (unpaired) electrons. The van der Waals surface area contributed by atoms with Crippen LogP contribution in [0.2, 0.25) is 0 Å². The van der Waals surface area contributed by atoms with Crippen molar-refractivity contribution in [3.63, 3.8) is 0 Å². The molecule has 4 nitrogen and oxygen atoms in total. The first-order valence-electron chi connectivity index (χ1n) is 6.57. The summed E-state index contributed by atoms with van der Waals surface area (Å²) in [6, 6.07) is 0.272. The molecule has 0 spiro atoms. The zero-order valence-electron chi connectivity index (χ0n) is 10.3. The summed E-state index contributed by atoms with van der Waals surface area (Å²) in [5.41, 5.74) is 0. The maximum atomic E-state index is 12.1. The van der Waals surface area contributed by atoms with Gasteiger partial charge in [0.05, 0.1) is 0 Å². The molecule has 0 bridgehead atoms. The van der Waals surface area contributed by atoms with Gasteiger partial charge in [-0.05, 0) is 25.8 Å². The molecule has 0 saturated carbocycles. The van der Waals surface area contributed by atoms with E-state index in [1.165, 1.54) is 25.8 Å². The van der Waals surface area contributed by atoms with Crippen LogP contribution in [0.4, 0.5) is 4.79 Å². The maximum absolute atomic E-state index is 12.1. The number of urea groups is 1. The van der Waals surface area contributed by atoms with Gasteiger partial charge in [-0.2, -0.15) is 0 Å². The minimum absolute atomic E-state index is 0.272. The molecule has 2 saturated heterocycles. The van der Waals surface area contributed by atoms with Crippen LogP contribution < -0.4 is 0 Å². The fourth-order valence-electron chi connectivity index (χ4n) is 2.59. The zero-order chi connectivity index (χ0) is 11.4. The van der Waals surface area contributed by atoms with Gasteiger partial charge in [-0.3, -0.25) is 4.90 Å². The van der Waals surface area contributed by atoms with E-state index in [1.807, 2.05) is 9.80 Å². The molecule has 0 atom stereocenters. The van der Waals surface area contributed by atoms with Crippen LogP contribution in [-0.4, -0.2) is 66.5 Å². The van der Waals surface area contributed by atoms with Crippen molar-refractivity contribution in [3.8, 4) is 0 Å². The lowest BCUT2D eigenvalue weighted by Crippen LogP contribution is -2.52. The molecule has 0 N–H and O–H groups in total. The number of hydrogen-bond acceptors (Lipinski definition) is 2. The Hall–Kier alpha value is -0.770. The lowest BCUT2D eigenvalue weighted by Gasteiger charge is -2.36. The number of likely N-dealkylation sites (tertiary alicyclic amines) is 1. The molecule has 0 unspecified atom stereocenters. The standard InChI is InChI=1S/C12H23N3O/c1-2-5-13-8-10-15(11-9-13)12(16)14-6-3-4-7-14/h2-11H2,1H3. The van der Waals surface area contributed by atoms with Crippen molar-refractivity contribution in [1.29, 1.82) is 0 Å². The quantitative estimate of drug-likeness (QED) is 0.706. The van der Waals surface area contributed by atoms with Crippen molar-refractivity contribution in [1.82, 2.24) is 14.7 Å². The van der Waals surface area contributed by atoms with Crippen LogP contribution >= 0.6 is 0 Å². The van der Waals surface area contributed by atoms with E-state index in [2.05, 4.69) is 11.8 Å². The second kappa shape index (κ2) is 5.53. The summed E-state index contributed by atoms with van der Waals surface area (Å²) < 4.78 is 0. The average molecular weight is 225 g/mol. The Kier molecular flexibility index (Phi) is 4.04. The van der Waals surface area contributed by atoms with Gasteiger partial charge in [0, 0.05) is 39.3 Å². The number of carbonyl (C=O) groups is 1. The number of piperazine rings is 1. The smallest absolute Gasteiger partial charge is 0.320 e. The van der Waals surface area contributed by atoms with Gasteiger partial charge in [-0.15, -0.1) is 0 Å². The van der Waals surface area contributed by atoms with Crippen molar-refractivity contribution in [2.75, 3.05) is 45.8 Å². The number of nitrogens with zero attached hydrogens (tertiary/aromatic N) is 3. The summed E-state index contributed by atoms with van der Waals surface area (Å²) in [7, 11) is 0. The second-order valence-corrected chi connectivity index (χ2v) is 4.81. The van der Waals surface area contributed by atoms with E-state index >= 15 is 0 Å². The van der Waals surface area contributed by atoms with Crippen LogP contribution in [0.1, 0.15) is 26.2 Å². The molecule has 0 aromatic heterocycles. The predicted octanol–water partition coefficient (Wildman–Crippen LogP) is 1.23. The fraction of sp³-hybridized carbons (Fsp3) is 0.917. The maximum Gasteiger partial charge on any atom is 0.320 e. The second-order valence-electron chi connectivity index (χ2n) is 4.81. The highest BCUT2D eigenvalue weighted by Gasteiger charge is 2.26. The highest BCUT2D eigenvalue weighted by atomic mass is 16.2. The Morgan fingerprint density at radius 2 is 1.50 bits per heavy atom. The van der Waals surface area contributed by atoms with Gasteiger partial charge in [-0.1, -0.05) is 6.92 Å². The van der Waals surface area contributed by atoms with Crippen LogP contribution in [0, 0.1) is 0 Å². The van der Waals surface area contributed by atoms with Crippen molar-refractivity contribution in [3.05, 3.63) is 0 Å². The first-order valence-corrected chi connectivity index (χ1v) is 6.57. The number of carbonyl (C=O) groups excluding carboxylic acids is 1. The molecule has 16 heavy (non-hydrogen) atoms. The summed E-state index contributed by atoms with van der Waals surface area (Å²) in [5, 5.41) is 0.